The van der Waals surface area contributed by atoms with Crippen LogP contribution in [-0.2, 0) is 0 Å². The average Bonchev–Trinajstić information content (AvgIpc) is 2.90. The first-order valence-electron chi connectivity index (χ1n) is 5.78. The van der Waals surface area contributed by atoms with E-state index in [1.807, 2.05) is 23.3 Å². The molecule has 0 radical (unpaired) electrons. The predicted molar refractivity (Wildman–Crippen MR) is 64.4 cm³/mol. The molecule has 0 unspecified atom stereocenters. The van der Waals surface area contributed by atoms with Crippen molar-refractivity contribution in [1.29, 1.82) is 0 Å². The fourth-order valence-electron chi connectivity index (χ4n) is 2.32. The molecule has 3 rings (SSSR count). The molecule has 0 spiro atoms. The van der Waals surface area contributed by atoms with Gasteiger partial charge in [0.2, 0.25) is 5.96 Å². The highest BCUT2D eigenvalue weighted by Crippen LogP contribution is 2.30. The molecule has 0 aromatic carbocycles. The van der Waals surface area contributed by atoms with E-state index in [1.165, 1.54) is 0 Å². The lowest BCUT2D eigenvalue weighted by Gasteiger charge is -2.31. The Hall–Kier alpha value is -1.85. The number of amides is 1. The van der Waals surface area contributed by atoms with E-state index in [0.717, 1.165) is 24.9 Å². The molecule has 0 saturated heterocycles. The minimum Gasteiger partial charge on any atom is -0.322 e. The lowest BCUT2D eigenvalue weighted by atomic mass is 10.2. The van der Waals surface area contributed by atoms with E-state index in [4.69, 9.17) is 0 Å². The number of imidazole rings is 1. The van der Waals surface area contributed by atoms with Crippen LogP contribution in [-0.4, -0.2) is 46.5 Å². The van der Waals surface area contributed by atoms with Crippen molar-refractivity contribution in [2.24, 2.45) is 4.99 Å². The third kappa shape index (κ3) is 1.23. The predicted octanol–water partition coefficient (Wildman–Crippen LogP) is 0.726. The number of carbonyl (C=O) groups is 1. The Morgan fingerprint density at radius 1 is 1.41 bits per heavy atom. The lowest BCUT2D eigenvalue weighted by molar-refractivity contribution is 0.0853. The highest BCUT2D eigenvalue weighted by Gasteiger charge is 2.38. The molecule has 0 fully saturated rings. The molecule has 3 heterocycles. The third-order valence-electron chi connectivity index (χ3n) is 3.21. The van der Waals surface area contributed by atoms with Crippen molar-refractivity contribution in [3.63, 3.8) is 0 Å². The molecule has 6 nitrogen and oxygen atoms in total. The van der Waals surface area contributed by atoms with Crippen molar-refractivity contribution in [1.82, 2.24) is 14.5 Å². The van der Waals surface area contributed by atoms with Crippen LogP contribution in [0.15, 0.2) is 11.3 Å². The normalized spacial score (nSPS) is 18.6. The average molecular weight is 233 g/mol. The standard InChI is InChI=1S/C11H15N5O/c1-7(2)16-6-13-9-8(16)10(17)14(3)11-12-4-5-15(9)11/h6-7H,4-5H2,1-3H3. The van der Waals surface area contributed by atoms with E-state index < -0.39 is 0 Å². The minimum atomic E-state index is -0.0249. The number of rotatable bonds is 1. The van der Waals surface area contributed by atoms with Gasteiger partial charge >= 0.3 is 0 Å². The van der Waals surface area contributed by atoms with Crippen LogP contribution in [0.1, 0.15) is 30.4 Å². The molecule has 17 heavy (non-hydrogen) atoms. The highest BCUT2D eigenvalue weighted by molar-refractivity contribution is 6.17. The summed E-state index contributed by atoms with van der Waals surface area (Å²) in [6.45, 7) is 5.61. The largest absolute Gasteiger partial charge is 0.322 e. The zero-order valence-corrected chi connectivity index (χ0v) is 10.2. The number of guanidine groups is 1. The topological polar surface area (TPSA) is 53.7 Å². The molecule has 6 heteroatoms. The van der Waals surface area contributed by atoms with Gasteiger partial charge in [0.1, 0.15) is 0 Å². The summed E-state index contributed by atoms with van der Waals surface area (Å²) in [6, 6.07) is 0.227. The maximum absolute atomic E-state index is 12.3. The van der Waals surface area contributed by atoms with E-state index in [9.17, 15) is 4.79 Å². The quantitative estimate of drug-likeness (QED) is 0.718. The van der Waals surface area contributed by atoms with Crippen LogP contribution in [0.5, 0.6) is 0 Å². The number of aromatic nitrogens is 2. The van der Waals surface area contributed by atoms with Crippen LogP contribution >= 0.6 is 0 Å². The first-order chi connectivity index (χ1) is 8.11. The van der Waals surface area contributed by atoms with Gasteiger partial charge in [0, 0.05) is 19.6 Å². The van der Waals surface area contributed by atoms with E-state index >= 15 is 0 Å². The van der Waals surface area contributed by atoms with Crippen LogP contribution in [0.3, 0.4) is 0 Å². The summed E-state index contributed by atoms with van der Waals surface area (Å²) in [7, 11) is 1.76. The summed E-state index contributed by atoms with van der Waals surface area (Å²) >= 11 is 0. The second kappa shape index (κ2) is 3.32. The Bertz CT molecular complexity index is 516. The summed E-state index contributed by atoms with van der Waals surface area (Å²) in [5, 5.41) is 0. The van der Waals surface area contributed by atoms with Gasteiger partial charge in [0.15, 0.2) is 11.5 Å². The van der Waals surface area contributed by atoms with Gasteiger partial charge in [0.05, 0.1) is 12.9 Å². The number of anilines is 1. The maximum atomic E-state index is 12.3. The molecule has 2 aliphatic rings. The monoisotopic (exact) mass is 233 g/mol. The van der Waals surface area contributed by atoms with Gasteiger partial charge in [-0.25, -0.2) is 4.98 Å². The number of carbonyl (C=O) groups excluding carboxylic acids is 1. The van der Waals surface area contributed by atoms with Gasteiger partial charge in [-0.15, -0.1) is 0 Å². The smallest absolute Gasteiger partial charge is 0.280 e. The van der Waals surface area contributed by atoms with Crippen molar-refractivity contribution >= 4 is 17.7 Å². The van der Waals surface area contributed by atoms with Gasteiger partial charge in [-0.1, -0.05) is 0 Å². The Labute approximate surface area is 99.6 Å². The van der Waals surface area contributed by atoms with Crippen LogP contribution in [0, 0.1) is 0 Å². The molecular weight excluding hydrogens is 218 g/mol. The molecule has 0 aliphatic carbocycles. The van der Waals surface area contributed by atoms with Gasteiger partial charge in [-0.05, 0) is 13.8 Å². The SMILES string of the molecule is CC(C)n1cnc2c1C(=O)N(C)C1=NCCN12. The molecule has 1 amide bonds. The van der Waals surface area contributed by atoms with Crippen LogP contribution in [0.2, 0.25) is 0 Å². The van der Waals surface area contributed by atoms with Crippen molar-refractivity contribution in [3.8, 4) is 0 Å². The second-order valence-corrected chi connectivity index (χ2v) is 4.62. The third-order valence-corrected chi connectivity index (χ3v) is 3.21. The molecule has 1 aromatic heterocycles. The highest BCUT2D eigenvalue weighted by atomic mass is 16.2. The first-order valence-corrected chi connectivity index (χ1v) is 5.78. The fraction of sp³-hybridized carbons (Fsp3) is 0.545. The summed E-state index contributed by atoms with van der Waals surface area (Å²) in [5.74, 6) is 1.44. The first kappa shape index (κ1) is 10.3. The maximum Gasteiger partial charge on any atom is 0.280 e. The Morgan fingerprint density at radius 3 is 2.88 bits per heavy atom. The lowest BCUT2D eigenvalue weighted by Crippen LogP contribution is -2.48. The van der Waals surface area contributed by atoms with E-state index in [0.29, 0.717) is 5.69 Å². The van der Waals surface area contributed by atoms with Crippen LogP contribution in [0.4, 0.5) is 5.82 Å². The van der Waals surface area contributed by atoms with Gasteiger partial charge in [-0.3, -0.25) is 19.6 Å². The summed E-state index contributed by atoms with van der Waals surface area (Å²) < 4.78 is 1.92. The molecule has 1 aromatic rings. The van der Waals surface area contributed by atoms with Gasteiger partial charge in [0.25, 0.3) is 5.91 Å². The van der Waals surface area contributed by atoms with E-state index in [2.05, 4.69) is 9.98 Å². The van der Waals surface area contributed by atoms with Crippen molar-refractivity contribution in [2.75, 3.05) is 25.0 Å². The summed E-state index contributed by atoms with van der Waals surface area (Å²) in [4.78, 5) is 24.6. The minimum absolute atomic E-state index is 0.0249. The van der Waals surface area contributed by atoms with Gasteiger partial charge in [-0.2, -0.15) is 0 Å². The number of hydrogen-bond acceptors (Lipinski definition) is 4. The molecule has 0 saturated carbocycles. The molecule has 90 valence electrons. The summed E-state index contributed by atoms with van der Waals surface area (Å²) in [6.07, 6.45) is 1.74. The van der Waals surface area contributed by atoms with E-state index in [-0.39, 0.29) is 11.9 Å². The van der Waals surface area contributed by atoms with E-state index in [1.54, 1.807) is 18.3 Å². The molecular formula is C11H15N5O. The number of nitrogens with zero attached hydrogens (tertiary/aromatic N) is 5. The Morgan fingerprint density at radius 2 is 2.18 bits per heavy atom. The van der Waals surface area contributed by atoms with Gasteiger partial charge < -0.3 is 4.57 Å². The molecule has 0 bridgehead atoms. The van der Waals surface area contributed by atoms with Crippen LogP contribution in [0.25, 0.3) is 0 Å². The van der Waals surface area contributed by atoms with Crippen molar-refractivity contribution < 1.29 is 4.79 Å². The molecule has 0 atom stereocenters. The number of fused-ring (bicyclic) bond motifs is 3. The van der Waals surface area contributed by atoms with Crippen molar-refractivity contribution in [2.45, 2.75) is 19.9 Å². The number of hydrogen-bond donors (Lipinski definition) is 0. The van der Waals surface area contributed by atoms with Crippen molar-refractivity contribution in [3.05, 3.63) is 12.0 Å². The zero-order chi connectivity index (χ0) is 12.2. The second-order valence-electron chi connectivity index (χ2n) is 4.62. The number of aliphatic imine (C=N–C) groups is 1. The Kier molecular flexibility index (Phi) is 2.01. The Balaban J connectivity index is 2.19. The molecule has 0 N–H and O–H groups in total. The zero-order valence-electron chi connectivity index (χ0n) is 10.2. The summed E-state index contributed by atoms with van der Waals surface area (Å²) in [5.41, 5.74) is 0.670. The molecule has 2 aliphatic heterocycles. The fourth-order valence-corrected chi connectivity index (χ4v) is 2.32. The van der Waals surface area contributed by atoms with Crippen LogP contribution < -0.4 is 4.90 Å².